The second-order valence-electron chi connectivity index (χ2n) is 3.27. The highest BCUT2D eigenvalue weighted by Crippen LogP contribution is 2.09. The van der Waals surface area contributed by atoms with E-state index in [4.69, 9.17) is 10.4 Å². The average molecular weight is 184 g/mol. The Hall–Kier alpha value is -1.08. The van der Waals surface area contributed by atoms with Crippen molar-refractivity contribution in [3.05, 3.63) is 0 Å². The molecule has 0 amide bonds. The predicted octanol–water partition coefficient (Wildman–Crippen LogP) is 1.09. The third-order valence-electron chi connectivity index (χ3n) is 1.97. The Morgan fingerprint density at radius 1 is 1.62 bits per heavy atom. The first-order chi connectivity index (χ1) is 6.07. The zero-order chi connectivity index (χ0) is 10.3. The molecule has 1 unspecified atom stereocenters. The number of unbranched alkanes of at least 4 members (excludes halogenated alkanes) is 1. The largest absolute Gasteiger partial charge is 0.481 e. The van der Waals surface area contributed by atoms with E-state index in [1.54, 1.807) is 0 Å². The molecule has 0 aliphatic rings. The summed E-state index contributed by atoms with van der Waals surface area (Å²) in [4.78, 5) is 12.3. The maximum atomic E-state index is 10.5. The Bertz CT molecular complexity index is 196. The summed E-state index contributed by atoms with van der Waals surface area (Å²) >= 11 is 0. The monoisotopic (exact) mass is 184 g/mol. The molecule has 0 aromatic carbocycles. The first kappa shape index (κ1) is 11.9. The highest BCUT2D eigenvalue weighted by atomic mass is 16.4. The molecule has 0 aliphatic carbocycles. The third kappa shape index (κ3) is 6.12. The van der Waals surface area contributed by atoms with Crippen molar-refractivity contribution in [1.82, 2.24) is 4.90 Å². The minimum atomic E-state index is -0.782. The number of nitrogens with zero attached hydrogens (tertiary/aromatic N) is 2. The molecule has 0 saturated heterocycles. The lowest BCUT2D eigenvalue weighted by Gasteiger charge is -2.21. The van der Waals surface area contributed by atoms with Crippen molar-refractivity contribution in [3.8, 4) is 6.07 Å². The maximum Gasteiger partial charge on any atom is 0.304 e. The zero-order valence-corrected chi connectivity index (χ0v) is 8.16. The number of hydrogen-bond donors (Lipinski definition) is 1. The van der Waals surface area contributed by atoms with E-state index in [-0.39, 0.29) is 12.5 Å². The van der Waals surface area contributed by atoms with Crippen LogP contribution in [0.1, 0.15) is 25.7 Å². The number of nitriles is 1. The first-order valence-electron chi connectivity index (χ1n) is 4.33. The van der Waals surface area contributed by atoms with E-state index >= 15 is 0 Å². The Morgan fingerprint density at radius 3 is 2.62 bits per heavy atom. The van der Waals surface area contributed by atoms with Crippen molar-refractivity contribution in [2.45, 2.75) is 31.7 Å². The number of hydrogen-bond acceptors (Lipinski definition) is 3. The minimum absolute atomic E-state index is 0.0471. The Kier molecular flexibility index (Phi) is 5.90. The molecular weight excluding hydrogens is 168 g/mol. The van der Waals surface area contributed by atoms with Crippen LogP contribution in [-0.2, 0) is 4.79 Å². The van der Waals surface area contributed by atoms with E-state index in [1.807, 2.05) is 25.1 Å². The average Bonchev–Trinajstić information content (AvgIpc) is 2.02. The number of carboxylic acids is 1. The highest BCUT2D eigenvalue weighted by Gasteiger charge is 2.14. The van der Waals surface area contributed by atoms with E-state index in [2.05, 4.69) is 0 Å². The van der Waals surface area contributed by atoms with Crippen molar-refractivity contribution < 1.29 is 9.90 Å². The van der Waals surface area contributed by atoms with Crippen LogP contribution in [0.4, 0.5) is 0 Å². The Morgan fingerprint density at radius 2 is 2.23 bits per heavy atom. The molecule has 0 aromatic heterocycles. The van der Waals surface area contributed by atoms with Gasteiger partial charge in [-0.05, 0) is 26.9 Å². The van der Waals surface area contributed by atoms with E-state index in [1.165, 1.54) is 0 Å². The van der Waals surface area contributed by atoms with Gasteiger partial charge in [-0.1, -0.05) is 0 Å². The number of rotatable bonds is 6. The summed E-state index contributed by atoms with van der Waals surface area (Å²) in [6.07, 6.45) is 2.20. The minimum Gasteiger partial charge on any atom is -0.481 e. The number of aliphatic carboxylic acids is 1. The van der Waals surface area contributed by atoms with Gasteiger partial charge in [0.2, 0.25) is 0 Å². The lowest BCUT2D eigenvalue weighted by molar-refractivity contribution is -0.138. The predicted molar refractivity (Wildman–Crippen MR) is 49.2 cm³/mol. The first-order valence-corrected chi connectivity index (χ1v) is 4.33. The third-order valence-corrected chi connectivity index (χ3v) is 1.97. The van der Waals surface area contributed by atoms with Crippen molar-refractivity contribution in [2.75, 3.05) is 14.1 Å². The molecule has 0 aliphatic heterocycles. The molecule has 74 valence electrons. The summed E-state index contributed by atoms with van der Waals surface area (Å²) in [5, 5.41) is 16.9. The fourth-order valence-corrected chi connectivity index (χ4v) is 1.16. The topological polar surface area (TPSA) is 64.3 Å². The molecule has 0 aromatic rings. The lowest BCUT2D eigenvalue weighted by atomic mass is 10.1. The van der Waals surface area contributed by atoms with Crippen LogP contribution >= 0.6 is 0 Å². The van der Waals surface area contributed by atoms with Crippen LogP contribution in [0.2, 0.25) is 0 Å². The quantitative estimate of drug-likeness (QED) is 0.627. The lowest BCUT2D eigenvalue weighted by Crippen LogP contribution is -2.30. The van der Waals surface area contributed by atoms with Gasteiger partial charge in [0.1, 0.15) is 0 Å². The standard InChI is InChI=1S/C9H16N2O2/c1-11(2)8(7-9(12)13)5-3-4-6-10/h8H,3-5,7H2,1-2H3,(H,12,13). The second-order valence-corrected chi connectivity index (χ2v) is 3.27. The van der Waals surface area contributed by atoms with Gasteiger partial charge in [-0.3, -0.25) is 4.79 Å². The van der Waals surface area contributed by atoms with Crippen LogP contribution in [0, 0.1) is 11.3 Å². The van der Waals surface area contributed by atoms with Crippen LogP contribution < -0.4 is 0 Å². The Balaban J connectivity index is 3.82. The maximum absolute atomic E-state index is 10.5. The van der Waals surface area contributed by atoms with Gasteiger partial charge >= 0.3 is 5.97 Å². The number of carbonyl (C=O) groups is 1. The van der Waals surface area contributed by atoms with Crippen molar-refractivity contribution in [3.63, 3.8) is 0 Å². The summed E-state index contributed by atoms with van der Waals surface area (Å²) < 4.78 is 0. The smallest absolute Gasteiger partial charge is 0.304 e. The van der Waals surface area contributed by atoms with Gasteiger partial charge in [-0.25, -0.2) is 0 Å². The van der Waals surface area contributed by atoms with Crippen LogP contribution in [0.5, 0.6) is 0 Å². The van der Waals surface area contributed by atoms with Gasteiger partial charge in [0.25, 0.3) is 0 Å². The molecule has 0 spiro atoms. The van der Waals surface area contributed by atoms with E-state index in [0.717, 1.165) is 12.8 Å². The highest BCUT2D eigenvalue weighted by molar-refractivity contribution is 5.67. The molecule has 1 atom stereocenters. The van der Waals surface area contributed by atoms with Gasteiger partial charge in [0, 0.05) is 12.5 Å². The fraction of sp³-hybridized carbons (Fsp3) is 0.778. The van der Waals surface area contributed by atoms with Gasteiger partial charge in [-0.15, -0.1) is 0 Å². The van der Waals surface area contributed by atoms with Gasteiger partial charge in [0.05, 0.1) is 12.5 Å². The summed E-state index contributed by atoms with van der Waals surface area (Å²) in [5.41, 5.74) is 0. The zero-order valence-electron chi connectivity index (χ0n) is 8.16. The normalized spacial score (nSPS) is 12.5. The molecule has 13 heavy (non-hydrogen) atoms. The molecule has 0 bridgehead atoms. The fourth-order valence-electron chi connectivity index (χ4n) is 1.16. The van der Waals surface area contributed by atoms with E-state index < -0.39 is 5.97 Å². The van der Waals surface area contributed by atoms with Crippen LogP contribution in [-0.4, -0.2) is 36.1 Å². The second kappa shape index (κ2) is 6.44. The SMILES string of the molecule is CN(C)C(CCCC#N)CC(=O)O. The van der Waals surface area contributed by atoms with Gasteiger partial charge < -0.3 is 10.0 Å². The number of carboxylic acid groups (broad SMARTS) is 1. The van der Waals surface area contributed by atoms with E-state index in [9.17, 15) is 4.79 Å². The molecule has 0 radical (unpaired) electrons. The van der Waals surface area contributed by atoms with Crippen molar-refractivity contribution in [2.24, 2.45) is 0 Å². The van der Waals surface area contributed by atoms with Gasteiger partial charge in [-0.2, -0.15) is 5.26 Å². The summed E-state index contributed by atoms with van der Waals surface area (Å²) in [7, 11) is 3.72. The van der Waals surface area contributed by atoms with Crippen molar-refractivity contribution >= 4 is 5.97 Å². The summed E-state index contributed by atoms with van der Waals surface area (Å²) in [6, 6.07) is 2.10. The molecule has 4 heteroatoms. The molecule has 0 fully saturated rings. The molecular formula is C9H16N2O2. The van der Waals surface area contributed by atoms with E-state index in [0.29, 0.717) is 6.42 Å². The van der Waals surface area contributed by atoms with Crippen LogP contribution in [0.15, 0.2) is 0 Å². The molecule has 0 heterocycles. The Labute approximate surface area is 78.8 Å². The summed E-state index contributed by atoms with van der Waals surface area (Å²) in [5.74, 6) is -0.782. The molecule has 4 nitrogen and oxygen atoms in total. The molecule has 0 rings (SSSR count). The molecule has 0 saturated carbocycles. The van der Waals surface area contributed by atoms with Crippen molar-refractivity contribution in [1.29, 1.82) is 5.26 Å². The van der Waals surface area contributed by atoms with Crippen LogP contribution in [0.25, 0.3) is 0 Å². The summed E-state index contributed by atoms with van der Waals surface area (Å²) in [6.45, 7) is 0. The van der Waals surface area contributed by atoms with Gasteiger partial charge in [0.15, 0.2) is 0 Å². The molecule has 1 N–H and O–H groups in total. The van der Waals surface area contributed by atoms with Crippen LogP contribution in [0.3, 0.4) is 0 Å².